The lowest BCUT2D eigenvalue weighted by Crippen LogP contribution is -2.50. The van der Waals surface area contributed by atoms with Crippen LogP contribution in [0.2, 0.25) is 0 Å². The van der Waals surface area contributed by atoms with Gasteiger partial charge in [0.1, 0.15) is 17.5 Å². The van der Waals surface area contributed by atoms with Crippen molar-refractivity contribution < 1.29 is 41.1 Å². The molecule has 272 valence electrons. The van der Waals surface area contributed by atoms with E-state index < -0.39 is 47.2 Å². The van der Waals surface area contributed by atoms with Crippen molar-refractivity contribution in [3.05, 3.63) is 101 Å². The van der Waals surface area contributed by atoms with Crippen LogP contribution in [-0.2, 0) is 11.0 Å². The Labute approximate surface area is 296 Å². The van der Waals surface area contributed by atoms with Crippen molar-refractivity contribution in [2.75, 3.05) is 60.6 Å². The van der Waals surface area contributed by atoms with Crippen molar-refractivity contribution in [3.8, 4) is 0 Å². The highest BCUT2D eigenvalue weighted by molar-refractivity contribution is 7.79. The van der Waals surface area contributed by atoms with Gasteiger partial charge < -0.3 is 29.5 Å². The number of halogens is 5. The van der Waals surface area contributed by atoms with Gasteiger partial charge in [0.05, 0.1) is 11.9 Å². The molecule has 51 heavy (non-hydrogen) atoms. The third-order valence-corrected chi connectivity index (χ3v) is 8.69. The molecule has 3 aromatic rings. The Kier molecular flexibility index (Phi) is 12.2. The van der Waals surface area contributed by atoms with Gasteiger partial charge in [-0.2, -0.15) is 30.8 Å². The van der Waals surface area contributed by atoms with Gasteiger partial charge in [0.2, 0.25) is 5.76 Å². The zero-order valence-corrected chi connectivity index (χ0v) is 28.5. The van der Waals surface area contributed by atoms with Gasteiger partial charge in [-0.1, -0.05) is 30.4 Å². The van der Waals surface area contributed by atoms with Crippen LogP contribution in [0.4, 0.5) is 39.5 Å². The molecule has 2 N–H and O–H groups in total. The van der Waals surface area contributed by atoms with Crippen molar-refractivity contribution >= 4 is 42.0 Å². The maximum Gasteiger partial charge on any atom is 0.437 e. The summed E-state index contributed by atoms with van der Waals surface area (Å²) in [5, 5.41) is 12.8. The number of nitrogens with zero attached hydrogens (tertiary/aromatic N) is 5. The number of aliphatic hydroxyl groups is 1. The van der Waals surface area contributed by atoms with Crippen LogP contribution in [0.1, 0.15) is 47.2 Å². The summed E-state index contributed by atoms with van der Waals surface area (Å²) in [6, 6.07) is 5.21. The Morgan fingerprint density at radius 1 is 0.980 bits per heavy atom. The third-order valence-electron chi connectivity index (χ3n) is 8.69. The standard InChI is InChI=1S/C34H33F5N6O4.CH4S/c35-24-17-23(18-25(36)19-24)28(46)32(48)44-15-13-43(14-16-44)27-8-7-26(20-40-27)41-31(47)29-30(34(37,38)39)42-33(49-29)45-11-9-22(10-12-45)21-5-3-1-2-4-6-21;1-2/h1,3-8,17-20,22,28,46H,2,9-16H2,(H,41,47);2H,1H3. The number of alkyl halides is 3. The van der Waals surface area contributed by atoms with Crippen LogP contribution in [0.5, 0.6) is 0 Å². The molecule has 2 saturated heterocycles. The van der Waals surface area contributed by atoms with Crippen LogP contribution < -0.4 is 15.1 Å². The fraction of sp³-hybridized carbons (Fsp3) is 0.371. The minimum Gasteiger partial charge on any atom is -0.417 e. The number of hydrogen-bond acceptors (Lipinski definition) is 9. The van der Waals surface area contributed by atoms with Crippen LogP contribution in [0.25, 0.3) is 0 Å². The maximum absolute atomic E-state index is 13.9. The van der Waals surface area contributed by atoms with E-state index >= 15 is 0 Å². The average molecular weight is 733 g/mol. The van der Waals surface area contributed by atoms with Gasteiger partial charge in [-0.15, -0.1) is 0 Å². The first kappa shape index (κ1) is 37.6. The van der Waals surface area contributed by atoms with Crippen molar-refractivity contribution in [3.63, 3.8) is 0 Å². The van der Waals surface area contributed by atoms with Crippen LogP contribution in [-0.4, -0.2) is 77.3 Å². The second kappa shape index (κ2) is 16.5. The number of piperidine rings is 1. The summed E-state index contributed by atoms with van der Waals surface area (Å²) in [4.78, 5) is 38.6. The summed E-state index contributed by atoms with van der Waals surface area (Å²) in [5.74, 6) is -3.86. The summed E-state index contributed by atoms with van der Waals surface area (Å²) < 4.78 is 74.4. The molecular formula is C35H37F5N6O4S. The minimum atomic E-state index is -4.93. The maximum atomic E-state index is 13.9. The Bertz CT molecular complexity index is 1760. The fourth-order valence-electron chi connectivity index (χ4n) is 6.10. The quantitative estimate of drug-likeness (QED) is 0.194. The van der Waals surface area contributed by atoms with Crippen molar-refractivity contribution in [1.82, 2.24) is 14.9 Å². The second-order valence-electron chi connectivity index (χ2n) is 11.9. The van der Waals surface area contributed by atoms with E-state index in [9.17, 15) is 36.6 Å². The van der Waals surface area contributed by atoms with Gasteiger partial charge in [0, 0.05) is 45.3 Å². The lowest BCUT2D eigenvalue weighted by Gasteiger charge is -2.36. The van der Waals surface area contributed by atoms with E-state index in [2.05, 4.69) is 46.1 Å². The number of carbonyl (C=O) groups is 2. The number of aliphatic hydroxyl groups excluding tert-OH is 1. The lowest BCUT2D eigenvalue weighted by molar-refractivity contribution is -0.142. The smallest absolute Gasteiger partial charge is 0.417 e. The number of rotatable bonds is 7. The Hall–Kier alpha value is -4.70. The SMILES string of the molecule is CS.O=C(Nc1ccc(N2CCN(C(=O)C(O)c3cc(F)cc(F)c3)CC2)nc1)c1oc(N2CCC(C3=CC=CCC=C3)CC2)nc1C(F)(F)F. The molecule has 0 spiro atoms. The van der Waals surface area contributed by atoms with Crippen LogP contribution in [0.15, 0.2) is 76.9 Å². The first-order valence-corrected chi connectivity index (χ1v) is 17.1. The third kappa shape index (κ3) is 9.16. The summed E-state index contributed by atoms with van der Waals surface area (Å²) in [7, 11) is 0. The number of pyridine rings is 1. The Morgan fingerprint density at radius 3 is 2.29 bits per heavy atom. The van der Waals surface area contributed by atoms with Gasteiger partial charge in [-0.25, -0.2) is 13.8 Å². The largest absolute Gasteiger partial charge is 0.437 e. The van der Waals surface area contributed by atoms with Crippen LogP contribution in [0.3, 0.4) is 0 Å². The molecule has 0 radical (unpaired) electrons. The molecule has 4 heterocycles. The number of thiol groups is 1. The van der Waals surface area contributed by atoms with Crippen molar-refractivity contribution in [2.24, 2.45) is 5.92 Å². The zero-order chi connectivity index (χ0) is 36.7. The van der Waals surface area contributed by atoms with E-state index in [1.165, 1.54) is 22.7 Å². The number of anilines is 3. The van der Waals surface area contributed by atoms with E-state index in [-0.39, 0.29) is 36.3 Å². The summed E-state index contributed by atoms with van der Waals surface area (Å²) in [5.41, 5.74) is -0.304. The van der Waals surface area contributed by atoms with Crippen molar-refractivity contribution in [1.29, 1.82) is 0 Å². The molecule has 1 unspecified atom stereocenters. The number of benzene rings is 1. The minimum absolute atomic E-state index is 0.124. The number of carbonyl (C=O) groups excluding carboxylic acids is 2. The molecular weight excluding hydrogens is 695 g/mol. The Balaban J connectivity index is 0.00000248. The van der Waals surface area contributed by atoms with E-state index in [1.54, 1.807) is 17.2 Å². The molecule has 0 saturated carbocycles. The lowest BCUT2D eigenvalue weighted by atomic mass is 9.89. The summed E-state index contributed by atoms with van der Waals surface area (Å²) in [6.07, 6.45) is 8.81. The monoisotopic (exact) mass is 732 g/mol. The number of nitrogens with one attached hydrogen (secondary N) is 1. The van der Waals surface area contributed by atoms with Crippen LogP contribution >= 0.6 is 12.6 Å². The number of allylic oxidation sites excluding steroid dienone is 6. The topological polar surface area (TPSA) is 115 Å². The molecule has 2 fully saturated rings. The first-order valence-electron chi connectivity index (χ1n) is 16.2. The molecule has 2 amide bonds. The number of hydrogen-bond donors (Lipinski definition) is 3. The van der Waals surface area contributed by atoms with Gasteiger partial charge >= 0.3 is 6.18 Å². The van der Waals surface area contributed by atoms with Gasteiger partial charge in [0.15, 0.2) is 11.8 Å². The number of aromatic nitrogens is 2. The zero-order valence-electron chi connectivity index (χ0n) is 27.6. The highest BCUT2D eigenvalue weighted by atomic mass is 32.1. The summed E-state index contributed by atoms with van der Waals surface area (Å²) in [6.45, 7) is 1.83. The molecule has 10 nitrogen and oxygen atoms in total. The number of piperazine rings is 1. The molecule has 0 bridgehead atoms. The molecule has 2 aliphatic heterocycles. The van der Waals surface area contributed by atoms with E-state index in [0.29, 0.717) is 50.9 Å². The molecule has 6 rings (SSSR count). The Morgan fingerprint density at radius 2 is 1.67 bits per heavy atom. The van der Waals surface area contributed by atoms with Gasteiger partial charge in [-0.3, -0.25) is 9.59 Å². The highest BCUT2D eigenvalue weighted by Gasteiger charge is 2.42. The highest BCUT2D eigenvalue weighted by Crippen LogP contribution is 2.36. The van der Waals surface area contributed by atoms with E-state index in [4.69, 9.17) is 4.42 Å². The molecule has 1 aromatic carbocycles. The fourth-order valence-corrected chi connectivity index (χ4v) is 6.10. The number of amides is 2. The predicted molar refractivity (Wildman–Crippen MR) is 185 cm³/mol. The van der Waals surface area contributed by atoms with E-state index in [1.807, 2.05) is 17.1 Å². The van der Waals surface area contributed by atoms with Crippen LogP contribution in [0, 0.1) is 17.6 Å². The predicted octanol–water partition coefficient (Wildman–Crippen LogP) is 6.21. The number of oxazole rings is 1. The molecule has 2 aromatic heterocycles. The van der Waals surface area contributed by atoms with E-state index in [0.717, 1.165) is 18.6 Å². The van der Waals surface area contributed by atoms with Crippen molar-refractivity contribution in [2.45, 2.75) is 31.5 Å². The van der Waals surface area contributed by atoms with Gasteiger partial charge in [0.25, 0.3) is 17.8 Å². The second-order valence-corrected chi connectivity index (χ2v) is 11.9. The molecule has 16 heteroatoms. The molecule has 1 aliphatic carbocycles. The molecule has 1 atom stereocenters. The molecule has 3 aliphatic rings. The average Bonchev–Trinajstić information content (AvgIpc) is 3.42. The first-order chi connectivity index (χ1) is 24.5. The normalized spacial score (nSPS) is 17.3. The summed E-state index contributed by atoms with van der Waals surface area (Å²) >= 11 is 3.53. The van der Waals surface area contributed by atoms with Gasteiger partial charge in [-0.05, 0) is 66.8 Å².